The molecule has 2 N–H and O–H groups in total. The van der Waals surface area contributed by atoms with Crippen LogP contribution in [0.25, 0.3) is 11.1 Å². The SMILES string of the molecule is COc1ccc(C(=O)O)c(NC(=O)OCC2c3ccccc3-c3ccccc32)c1. The van der Waals surface area contributed by atoms with E-state index in [0.717, 1.165) is 22.3 Å². The summed E-state index contributed by atoms with van der Waals surface area (Å²) in [6.45, 7) is 0.145. The highest BCUT2D eigenvalue weighted by molar-refractivity contribution is 5.99. The molecule has 146 valence electrons. The normalized spacial score (nSPS) is 12.0. The van der Waals surface area contributed by atoms with Crippen molar-refractivity contribution in [3.63, 3.8) is 0 Å². The van der Waals surface area contributed by atoms with Gasteiger partial charge < -0.3 is 14.6 Å². The highest BCUT2D eigenvalue weighted by Crippen LogP contribution is 2.44. The molecular weight excluding hydrogens is 370 g/mol. The molecule has 0 spiro atoms. The minimum absolute atomic E-state index is 0.0423. The first-order valence-electron chi connectivity index (χ1n) is 9.12. The molecule has 0 bridgehead atoms. The van der Waals surface area contributed by atoms with Crippen LogP contribution in [-0.4, -0.2) is 30.9 Å². The fourth-order valence-corrected chi connectivity index (χ4v) is 3.68. The summed E-state index contributed by atoms with van der Waals surface area (Å²) in [5, 5.41) is 11.8. The first kappa shape index (κ1) is 18.6. The van der Waals surface area contributed by atoms with Crippen LogP contribution in [-0.2, 0) is 4.74 Å². The van der Waals surface area contributed by atoms with Crippen molar-refractivity contribution in [2.24, 2.45) is 0 Å². The number of ether oxygens (including phenoxy) is 2. The number of carboxylic acids is 1. The van der Waals surface area contributed by atoms with Crippen molar-refractivity contribution < 1.29 is 24.2 Å². The van der Waals surface area contributed by atoms with E-state index < -0.39 is 12.1 Å². The van der Waals surface area contributed by atoms with Gasteiger partial charge in [0, 0.05) is 12.0 Å². The molecule has 1 amide bonds. The van der Waals surface area contributed by atoms with Gasteiger partial charge in [-0.15, -0.1) is 0 Å². The van der Waals surface area contributed by atoms with Gasteiger partial charge in [-0.3, -0.25) is 5.32 Å². The number of benzene rings is 3. The highest BCUT2D eigenvalue weighted by Gasteiger charge is 2.29. The van der Waals surface area contributed by atoms with Gasteiger partial charge in [0.2, 0.25) is 0 Å². The second-order valence-corrected chi connectivity index (χ2v) is 6.67. The van der Waals surface area contributed by atoms with E-state index in [4.69, 9.17) is 9.47 Å². The predicted octanol–water partition coefficient (Wildman–Crippen LogP) is 4.75. The maximum Gasteiger partial charge on any atom is 0.411 e. The van der Waals surface area contributed by atoms with Crippen LogP contribution in [0, 0.1) is 0 Å². The summed E-state index contributed by atoms with van der Waals surface area (Å²) in [6.07, 6.45) is -0.720. The molecule has 0 saturated heterocycles. The monoisotopic (exact) mass is 389 g/mol. The average molecular weight is 389 g/mol. The quantitative estimate of drug-likeness (QED) is 0.658. The molecule has 0 atom stereocenters. The Morgan fingerprint density at radius 2 is 1.59 bits per heavy atom. The molecule has 0 saturated carbocycles. The number of carbonyl (C=O) groups excluding carboxylic acids is 1. The van der Waals surface area contributed by atoms with Gasteiger partial charge in [0.05, 0.1) is 18.4 Å². The molecule has 6 nitrogen and oxygen atoms in total. The number of methoxy groups -OCH3 is 1. The molecule has 0 fully saturated rings. The first-order valence-corrected chi connectivity index (χ1v) is 9.12. The molecule has 6 heteroatoms. The Kier molecular flexibility index (Phi) is 4.91. The number of fused-ring (bicyclic) bond motifs is 3. The van der Waals surface area contributed by atoms with E-state index in [1.807, 2.05) is 36.4 Å². The zero-order valence-electron chi connectivity index (χ0n) is 15.7. The lowest BCUT2D eigenvalue weighted by Gasteiger charge is -2.15. The van der Waals surface area contributed by atoms with E-state index in [1.165, 1.54) is 25.3 Å². The van der Waals surface area contributed by atoms with E-state index >= 15 is 0 Å². The van der Waals surface area contributed by atoms with Crippen LogP contribution in [0.4, 0.5) is 10.5 Å². The van der Waals surface area contributed by atoms with E-state index in [2.05, 4.69) is 17.4 Å². The lowest BCUT2D eigenvalue weighted by molar-refractivity contribution is 0.0698. The van der Waals surface area contributed by atoms with Gasteiger partial charge in [0.25, 0.3) is 0 Å². The minimum atomic E-state index is -1.15. The highest BCUT2D eigenvalue weighted by atomic mass is 16.5. The number of carbonyl (C=O) groups is 2. The number of nitrogens with one attached hydrogen (secondary N) is 1. The Morgan fingerprint density at radius 3 is 2.17 bits per heavy atom. The fourth-order valence-electron chi connectivity index (χ4n) is 3.68. The van der Waals surface area contributed by atoms with Crippen molar-refractivity contribution in [3.8, 4) is 16.9 Å². The van der Waals surface area contributed by atoms with Crippen molar-refractivity contribution in [1.29, 1.82) is 0 Å². The van der Waals surface area contributed by atoms with Crippen LogP contribution in [0.3, 0.4) is 0 Å². The molecular formula is C23H19NO5. The lowest BCUT2D eigenvalue weighted by Crippen LogP contribution is -2.19. The van der Waals surface area contributed by atoms with Gasteiger partial charge in [-0.25, -0.2) is 9.59 Å². The Balaban J connectivity index is 1.52. The van der Waals surface area contributed by atoms with E-state index in [0.29, 0.717) is 5.75 Å². The van der Waals surface area contributed by atoms with Gasteiger partial charge in [0.15, 0.2) is 0 Å². The molecule has 1 aliphatic carbocycles. The summed E-state index contributed by atoms with van der Waals surface area (Å²) < 4.78 is 10.6. The largest absolute Gasteiger partial charge is 0.497 e. The number of rotatable bonds is 5. The summed E-state index contributed by atoms with van der Waals surface area (Å²) >= 11 is 0. The fraction of sp³-hybridized carbons (Fsp3) is 0.130. The van der Waals surface area contributed by atoms with E-state index in [9.17, 15) is 14.7 Å². The van der Waals surface area contributed by atoms with Crippen LogP contribution in [0.15, 0.2) is 66.7 Å². The Hall–Kier alpha value is -3.80. The van der Waals surface area contributed by atoms with Crippen LogP contribution < -0.4 is 10.1 Å². The van der Waals surface area contributed by atoms with Crippen molar-refractivity contribution in [1.82, 2.24) is 0 Å². The Morgan fingerprint density at radius 1 is 0.966 bits per heavy atom. The van der Waals surface area contributed by atoms with Crippen molar-refractivity contribution in [2.45, 2.75) is 5.92 Å². The van der Waals surface area contributed by atoms with Crippen molar-refractivity contribution in [3.05, 3.63) is 83.4 Å². The van der Waals surface area contributed by atoms with Gasteiger partial charge in [0.1, 0.15) is 12.4 Å². The molecule has 3 aromatic carbocycles. The molecule has 1 aliphatic rings. The van der Waals surface area contributed by atoms with Crippen LogP contribution >= 0.6 is 0 Å². The number of aromatic carboxylic acids is 1. The smallest absolute Gasteiger partial charge is 0.411 e. The van der Waals surface area contributed by atoms with Gasteiger partial charge in [-0.2, -0.15) is 0 Å². The van der Waals surface area contributed by atoms with Gasteiger partial charge in [-0.05, 0) is 34.4 Å². The lowest BCUT2D eigenvalue weighted by atomic mass is 9.98. The van der Waals surface area contributed by atoms with E-state index in [-0.39, 0.29) is 23.8 Å². The zero-order valence-corrected chi connectivity index (χ0v) is 15.7. The number of hydrogen-bond acceptors (Lipinski definition) is 4. The first-order chi connectivity index (χ1) is 14.1. The summed E-state index contributed by atoms with van der Waals surface area (Å²) in [6, 6.07) is 20.4. The van der Waals surface area contributed by atoms with Crippen LogP contribution in [0.1, 0.15) is 27.4 Å². The average Bonchev–Trinajstić information content (AvgIpc) is 3.06. The van der Waals surface area contributed by atoms with Gasteiger partial charge in [-0.1, -0.05) is 48.5 Å². The van der Waals surface area contributed by atoms with Crippen LogP contribution in [0.2, 0.25) is 0 Å². The summed E-state index contributed by atoms with van der Waals surface area (Å²) in [5.74, 6) is -0.789. The molecule has 0 heterocycles. The van der Waals surface area contributed by atoms with Crippen molar-refractivity contribution >= 4 is 17.7 Å². The van der Waals surface area contributed by atoms with Crippen LogP contribution in [0.5, 0.6) is 5.75 Å². The number of hydrogen-bond donors (Lipinski definition) is 2. The minimum Gasteiger partial charge on any atom is -0.497 e. The molecule has 0 unspecified atom stereocenters. The molecule has 0 aromatic heterocycles. The summed E-state index contributed by atoms with van der Waals surface area (Å²) in [5.41, 5.74) is 4.56. The summed E-state index contributed by atoms with van der Waals surface area (Å²) in [7, 11) is 1.47. The topological polar surface area (TPSA) is 84.9 Å². The summed E-state index contributed by atoms with van der Waals surface area (Å²) in [4.78, 5) is 23.8. The zero-order chi connectivity index (χ0) is 20.4. The van der Waals surface area contributed by atoms with E-state index in [1.54, 1.807) is 0 Å². The Labute approximate surface area is 167 Å². The third-order valence-corrected chi connectivity index (χ3v) is 5.04. The third-order valence-electron chi connectivity index (χ3n) is 5.04. The standard InChI is InChI=1S/C23H19NO5/c1-28-14-10-11-19(22(25)26)21(12-14)24-23(27)29-13-20-17-8-4-2-6-15(17)16-7-3-5-9-18(16)20/h2-12,20H,13H2,1H3,(H,24,27)(H,25,26). The second kappa shape index (κ2) is 7.67. The number of anilines is 1. The maximum atomic E-state index is 12.4. The molecule has 29 heavy (non-hydrogen) atoms. The Bertz CT molecular complexity index is 1050. The molecule has 0 radical (unpaired) electrons. The molecule has 3 aromatic rings. The molecule has 0 aliphatic heterocycles. The number of amides is 1. The molecule has 4 rings (SSSR count). The maximum absolute atomic E-state index is 12.4. The van der Waals surface area contributed by atoms with Crippen molar-refractivity contribution in [2.75, 3.05) is 19.0 Å². The third kappa shape index (κ3) is 3.52. The van der Waals surface area contributed by atoms with Gasteiger partial charge >= 0.3 is 12.1 Å². The number of carboxylic acid groups (broad SMARTS) is 1. The second-order valence-electron chi connectivity index (χ2n) is 6.67. The predicted molar refractivity (Wildman–Crippen MR) is 109 cm³/mol.